The fourth-order valence-corrected chi connectivity index (χ4v) is 10.3. The molecule has 0 aliphatic heterocycles. The number of carbonyl (C=O) groups excluding carboxylic acids is 3. The van der Waals surface area contributed by atoms with Crippen molar-refractivity contribution in [2.24, 2.45) is 0 Å². The van der Waals surface area contributed by atoms with Crippen molar-refractivity contribution in [1.82, 2.24) is 0 Å². The lowest BCUT2D eigenvalue weighted by molar-refractivity contribution is -0.167. The largest absolute Gasteiger partial charge is 0.462 e. The van der Waals surface area contributed by atoms with Gasteiger partial charge in [-0.15, -0.1) is 0 Å². The minimum Gasteiger partial charge on any atom is -0.462 e. The van der Waals surface area contributed by atoms with E-state index in [1.54, 1.807) is 0 Å². The topological polar surface area (TPSA) is 78.9 Å². The van der Waals surface area contributed by atoms with Gasteiger partial charge in [-0.25, -0.2) is 0 Å². The minimum absolute atomic E-state index is 0.0907. The van der Waals surface area contributed by atoms with Crippen LogP contribution in [0.25, 0.3) is 0 Å². The highest BCUT2D eigenvalue weighted by Crippen LogP contribution is 2.18. The van der Waals surface area contributed by atoms with Crippen LogP contribution in [0.3, 0.4) is 0 Å². The van der Waals surface area contributed by atoms with Gasteiger partial charge in [0.15, 0.2) is 6.10 Å². The van der Waals surface area contributed by atoms with Gasteiger partial charge < -0.3 is 14.2 Å². The second kappa shape index (κ2) is 67.6. The van der Waals surface area contributed by atoms with Gasteiger partial charge in [0.05, 0.1) is 0 Å². The number of ether oxygens (including phenoxy) is 3. The van der Waals surface area contributed by atoms with Crippen LogP contribution in [0.15, 0.2) is 60.8 Å². The van der Waals surface area contributed by atoms with Crippen molar-refractivity contribution in [3.63, 3.8) is 0 Å². The number of hydrogen-bond acceptors (Lipinski definition) is 6. The molecule has 0 aromatic heterocycles. The van der Waals surface area contributed by atoms with Gasteiger partial charge in [-0.3, -0.25) is 14.4 Å². The first kappa shape index (κ1) is 76.1. The molecule has 0 saturated carbocycles. The van der Waals surface area contributed by atoms with Crippen LogP contribution < -0.4 is 0 Å². The van der Waals surface area contributed by atoms with Crippen molar-refractivity contribution < 1.29 is 28.6 Å². The molecule has 0 aromatic rings. The van der Waals surface area contributed by atoms with Crippen LogP contribution in [0.5, 0.6) is 0 Å². The first-order valence-electron chi connectivity index (χ1n) is 34.8. The second-order valence-corrected chi connectivity index (χ2v) is 23.4. The van der Waals surface area contributed by atoms with Crippen molar-refractivity contribution in [3.05, 3.63) is 60.8 Å². The molecule has 0 amide bonds. The molecule has 0 bridgehead atoms. The summed E-state index contributed by atoms with van der Waals surface area (Å²) in [4.78, 5) is 38.2. The van der Waals surface area contributed by atoms with E-state index < -0.39 is 6.10 Å². The molecule has 0 aromatic carbocycles. The summed E-state index contributed by atoms with van der Waals surface area (Å²) < 4.78 is 16.9. The van der Waals surface area contributed by atoms with Crippen LogP contribution in [0.2, 0.25) is 0 Å². The van der Waals surface area contributed by atoms with Crippen LogP contribution >= 0.6 is 0 Å². The monoisotopic (exact) mass is 1110 g/mol. The number of esters is 3. The van der Waals surface area contributed by atoms with Crippen LogP contribution in [-0.2, 0) is 28.6 Å². The Morgan fingerprint density at radius 1 is 0.266 bits per heavy atom. The molecule has 0 spiro atoms. The molecule has 1 atom stereocenters. The summed E-state index contributed by atoms with van der Waals surface area (Å²) in [6.45, 7) is 6.51. The third kappa shape index (κ3) is 65.8. The van der Waals surface area contributed by atoms with Crippen molar-refractivity contribution in [3.8, 4) is 0 Å². The average molecular weight is 1110 g/mol. The van der Waals surface area contributed by atoms with E-state index in [0.29, 0.717) is 19.3 Å². The number of allylic oxidation sites excluding steroid dienone is 10. The highest BCUT2D eigenvalue weighted by Gasteiger charge is 2.19. The average Bonchev–Trinajstić information content (AvgIpc) is 3.45. The lowest BCUT2D eigenvalue weighted by Crippen LogP contribution is -2.30. The molecule has 0 aliphatic carbocycles. The summed E-state index contributed by atoms with van der Waals surface area (Å²) in [5, 5.41) is 0. The van der Waals surface area contributed by atoms with Gasteiger partial charge in [-0.2, -0.15) is 0 Å². The Morgan fingerprint density at radius 2 is 0.494 bits per heavy atom. The van der Waals surface area contributed by atoms with Gasteiger partial charge in [0.2, 0.25) is 0 Å². The van der Waals surface area contributed by atoms with Crippen LogP contribution in [0.4, 0.5) is 0 Å². The van der Waals surface area contributed by atoms with E-state index in [9.17, 15) is 14.4 Å². The van der Waals surface area contributed by atoms with Crippen molar-refractivity contribution >= 4 is 17.9 Å². The molecule has 0 radical (unpaired) electrons. The Morgan fingerprint density at radius 3 is 0.835 bits per heavy atom. The summed E-state index contributed by atoms with van der Waals surface area (Å²) in [6, 6.07) is 0. The van der Waals surface area contributed by atoms with Gasteiger partial charge in [0.1, 0.15) is 13.2 Å². The summed E-state index contributed by atoms with van der Waals surface area (Å²) in [7, 11) is 0. The molecule has 0 rings (SSSR count). The quantitative estimate of drug-likeness (QED) is 0.0261. The van der Waals surface area contributed by atoms with Crippen LogP contribution in [0, 0.1) is 0 Å². The van der Waals surface area contributed by atoms with E-state index in [2.05, 4.69) is 81.5 Å². The standard InChI is InChI=1S/C73H132O6/c1-4-7-10-13-16-19-22-25-27-28-29-30-31-32-33-34-35-36-37-38-39-40-41-42-43-44-45-47-48-51-54-57-60-63-66-72(75)78-69-70(68-77-71(74)65-62-59-56-53-50-24-21-18-15-12-9-6-3)79-73(76)67-64-61-58-55-52-49-46-26-23-20-17-14-11-8-5-2/h8,11,17-18,20-21,26,46,52,55,70H,4-7,9-10,12-16,19,22-25,27-45,47-51,53-54,56-69H2,1-3H3/b11-8-,20-17-,21-18-,46-26-,55-52-. The Bertz CT molecular complexity index is 1410. The van der Waals surface area contributed by atoms with Crippen LogP contribution in [-0.4, -0.2) is 37.2 Å². The Hall–Kier alpha value is -2.89. The van der Waals surface area contributed by atoms with E-state index in [1.807, 2.05) is 0 Å². The lowest BCUT2D eigenvalue weighted by Gasteiger charge is -2.18. The second-order valence-electron chi connectivity index (χ2n) is 23.4. The number of carbonyl (C=O) groups is 3. The molecule has 1 unspecified atom stereocenters. The van der Waals surface area contributed by atoms with Gasteiger partial charge in [-0.1, -0.05) is 326 Å². The summed E-state index contributed by atoms with van der Waals surface area (Å²) in [5.74, 6) is -0.926. The maximum atomic E-state index is 12.9. The highest BCUT2D eigenvalue weighted by atomic mass is 16.6. The van der Waals surface area contributed by atoms with E-state index in [1.165, 1.54) is 238 Å². The fourth-order valence-electron chi connectivity index (χ4n) is 10.3. The van der Waals surface area contributed by atoms with E-state index >= 15 is 0 Å². The maximum absolute atomic E-state index is 12.9. The van der Waals surface area contributed by atoms with E-state index in [0.717, 1.165) is 83.5 Å². The number of hydrogen-bond donors (Lipinski definition) is 0. The summed E-state index contributed by atoms with van der Waals surface area (Å²) in [5.41, 5.74) is 0. The summed E-state index contributed by atoms with van der Waals surface area (Å²) >= 11 is 0. The Labute approximate surface area is 491 Å². The minimum atomic E-state index is -0.798. The molecule has 0 saturated heterocycles. The normalized spacial score (nSPS) is 12.4. The van der Waals surface area contributed by atoms with Crippen molar-refractivity contribution in [1.29, 1.82) is 0 Å². The Balaban J connectivity index is 4.07. The predicted molar refractivity (Wildman–Crippen MR) is 344 cm³/mol. The van der Waals surface area contributed by atoms with Crippen molar-refractivity contribution in [2.45, 2.75) is 374 Å². The Kier molecular flexibility index (Phi) is 65.1. The lowest BCUT2D eigenvalue weighted by atomic mass is 10.0. The zero-order valence-electron chi connectivity index (χ0n) is 52.9. The molecule has 0 fully saturated rings. The molecular formula is C73H132O6. The zero-order chi connectivity index (χ0) is 57.1. The van der Waals surface area contributed by atoms with Gasteiger partial charge >= 0.3 is 17.9 Å². The number of unbranched alkanes of at least 4 members (excludes halogenated alkanes) is 43. The molecule has 6 heteroatoms. The third-order valence-corrected chi connectivity index (χ3v) is 15.5. The van der Waals surface area contributed by atoms with E-state index in [-0.39, 0.29) is 37.5 Å². The molecule has 0 aliphatic rings. The molecule has 0 N–H and O–H groups in total. The molecular weight excluding hydrogens is 973 g/mol. The van der Waals surface area contributed by atoms with Crippen molar-refractivity contribution in [2.75, 3.05) is 13.2 Å². The van der Waals surface area contributed by atoms with Gasteiger partial charge in [0, 0.05) is 19.3 Å². The van der Waals surface area contributed by atoms with Gasteiger partial charge in [0.25, 0.3) is 0 Å². The first-order valence-corrected chi connectivity index (χ1v) is 34.8. The first-order chi connectivity index (χ1) is 39.0. The predicted octanol–water partition coefficient (Wildman–Crippen LogP) is 23.9. The maximum Gasteiger partial charge on any atom is 0.306 e. The molecule has 460 valence electrons. The number of rotatable bonds is 64. The molecule has 0 heterocycles. The zero-order valence-corrected chi connectivity index (χ0v) is 52.9. The molecule has 6 nitrogen and oxygen atoms in total. The molecule has 79 heavy (non-hydrogen) atoms. The van der Waals surface area contributed by atoms with E-state index in [4.69, 9.17) is 14.2 Å². The SMILES string of the molecule is CC/C=C\C/C=C\C/C=C\C/C=C\CCCCC(=O)OC(COC(=O)CCCCCCC/C=C\CCCCC)COC(=O)CCCCCCCCCCCCCCCCCCCCCCCCCCCCCCCCCCCC. The smallest absolute Gasteiger partial charge is 0.306 e. The summed E-state index contributed by atoms with van der Waals surface area (Å²) in [6.07, 6.45) is 87.2. The fraction of sp³-hybridized carbons (Fsp3) is 0.822. The van der Waals surface area contributed by atoms with Crippen LogP contribution in [0.1, 0.15) is 367 Å². The highest BCUT2D eigenvalue weighted by molar-refractivity contribution is 5.71. The third-order valence-electron chi connectivity index (χ3n) is 15.5. The van der Waals surface area contributed by atoms with Gasteiger partial charge in [-0.05, 0) is 83.5 Å².